The van der Waals surface area contributed by atoms with Gasteiger partial charge in [-0.2, -0.15) is 0 Å². The molecule has 1 aromatic carbocycles. The Kier molecular flexibility index (Phi) is 5.18. The van der Waals surface area contributed by atoms with E-state index in [1.807, 2.05) is 13.8 Å². The van der Waals surface area contributed by atoms with Crippen molar-refractivity contribution in [2.75, 3.05) is 19.5 Å². The molecule has 0 heterocycles. The topological polar surface area (TPSA) is 84.6 Å². The number of rotatable bonds is 6. The summed E-state index contributed by atoms with van der Waals surface area (Å²) < 4.78 is 5.09. The maximum atomic E-state index is 12.2. The summed E-state index contributed by atoms with van der Waals surface area (Å²) in [6.45, 7) is 3.77. The second-order valence-corrected chi connectivity index (χ2v) is 4.59. The molecular weight excluding hydrogens is 244 g/mol. The van der Waals surface area contributed by atoms with E-state index in [9.17, 15) is 9.90 Å². The molecule has 0 aliphatic carbocycles. The summed E-state index contributed by atoms with van der Waals surface area (Å²) in [7, 11) is 1.52. The first kappa shape index (κ1) is 15.3. The quantitative estimate of drug-likeness (QED) is 0.682. The van der Waals surface area contributed by atoms with Crippen molar-refractivity contribution < 1.29 is 14.6 Å². The lowest BCUT2D eigenvalue weighted by atomic mass is 9.93. The second-order valence-electron chi connectivity index (χ2n) is 4.59. The van der Waals surface area contributed by atoms with E-state index in [1.54, 1.807) is 18.2 Å². The van der Waals surface area contributed by atoms with Crippen LogP contribution in [0.5, 0.6) is 5.75 Å². The Labute approximate surface area is 113 Å². The number of nitrogen functional groups attached to an aromatic ring is 1. The molecule has 0 aliphatic rings. The molecule has 1 amide bonds. The lowest BCUT2D eigenvalue weighted by Crippen LogP contribution is -2.50. The number of methoxy groups -OCH3 is 1. The van der Waals surface area contributed by atoms with Gasteiger partial charge in [0.2, 0.25) is 0 Å². The van der Waals surface area contributed by atoms with Gasteiger partial charge in [-0.15, -0.1) is 0 Å². The number of carbonyl (C=O) groups excluding carboxylic acids is 1. The van der Waals surface area contributed by atoms with Gasteiger partial charge in [-0.1, -0.05) is 13.8 Å². The summed E-state index contributed by atoms with van der Waals surface area (Å²) in [5.74, 6) is 0.274. The summed E-state index contributed by atoms with van der Waals surface area (Å²) in [5, 5.41) is 12.3. The van der Waals surface area contributed by atoms with Gasteiger partial charge in [-0.3, -0.25) is 4.79 Å². The minimum atomic E-state index is -0.588. The Morgan fingerprint density at radius 2 is 2.00 bits per heavy atom. The van der Waals surface area contributed by atoms with Crippen LogP contribution >= 0.6 is 0 Å². The third-order valence-corrected chi connectivity index (χ3v) is 3.46. The molecular formula is C14H22N2O3. The maximum absolute atomic E-state index is 12.2. The van der Waals surface area contributed by atoms with Crippen molar-refractivity contribution in [3.63, 3.8) is 0 Å². The largest absolute Gasteiger partial charge is 0.497 e. The van der Waals surface area contributed by atoms with E-state index < -0.39 is 5.54 Å². The van der Waals surface area contributed by atoms with Crippen LogP contribution in [0.1, 0.15) is 37.0 Å². The van der Waals surface area contributed by atoms with E-state index >= 15 is 0 Å². The van der Waals surface area contributed by atoms with Crippen LogP contribution in [0.15, 0.2) is 18.2 Å². The lowest BCUT2D eigenvalue weighted by molar-refractivity contribution is 0.0817. The number of carbonyl (C=O) groups is 1. The predicted molar refractivity (Wildman–Crippen MR) is 75.3 cm³/mol. The molecule has 1 aromatic rings. The predicted octanol–water partition coefficient (Wildman–Crippen LogP) is 1.56. The zero-order valence-electron chi connectivity index (χ0n) is 11.7. The second kappa shape index (κ2) is 6.43. The molecule has 0 radical (unpaired) electrons. The van der Waals surface area contributed by atoms with Gasteiger partial charge in [0, 0.05) is 17.3 Å². The minimum Gasteiger partial charge on any atom is -0.497 e. The van der Waals surface area contributed by atoms with Crippen LogP contribution in [0.4, 0.5) is 5.69 Å². The van der Waals surface area contributed by atoms with Crippen LogP contribution in [0.25, 0.3) is 0 Å². The Morgan fingerprint density at radius 1 is 1.37 bits per heavy atom. The smallest absolute Gasteiger partial charge is 0.252 e. The molecule has 1 rings (SSSR count). The van der Waals surface area contributed by atoms with E-state index in [0.717, 1.165) is 0 Å². The number of aliphatic hydroxyl groups is 1. The van der Waals surface area contributed by atoms with Crippen LogP contribution in [0.3, 0.4) is 0 Å². The normalized spacial score (nSPS) is 11.2. The van der Waals surface area contributed by atoms with Crippen LogP contribution < -0.4 is 15.8 Å². The van der Waals surface area contributed by atoms with Gasteiger partial charge in [-0.05, 0) is 25.0 Å². The molecule has 0 fully saturated rings. The van der Waals surface area contributed by atoms with Crippen LogP contribution in [-0.2, 0) is 0 Å². The van der Waals surface area contributed by atoms with E-state index in [4.69, 9.17) is 10.5 Å². The van der Waals surface area contributed by atoms with Crippen LogP contribution in [0, 0.1) is 0 Å². The molecule has 0 aliphatic heterocycles. The van der Waals surface area contributed by atoms with Crippen molar-refractivity contribution in [2.45, 2.75) is 32.2 Å². The molecule has 0 bridgehead atoms. The van der Waals surface area contributed by atoms with Crippen molar-refractivity contribution in [1.82, 2.24) is 5.32 Å². The summed E-state index contributed by atoms with van der Waals surface area (Å²) in [4.78, 5) is 12.2. The van der Waals surface area contributed by atoms with Crippen molar-refractivity contribution in [1.29, 1.82) is 0 Å². The number of nitrogens with one attached hydrogen (secondary N) is 1. The first-order valence-corrected chi connectivity index (χ1v) is 6.38. The Morgan fingerprint density at radius 3 is 2.47 bits per heavy atom. The molecule has 0 atom stereocenters. The molecule has 106 valence electrons. The van der Waals surface area contributed by atoms with Gasteiger partial charge in [-0.25, -0.2) is 0 Å². The fourth-order valence-corrected chi connectivity index (χ4v) is 1.87. The van der Waals surface area contributed by atoms with Gasteiger partial charge in [0.25, 0.3) is 5.91 Å². The highest BCUT2D eigenvalue weighted by Gasteiger charge is 2.27. The zero-order valence-corrected chi connectivity index (χ0v) is 11.7. The number of benzene rings is 1. The van der Waals surface area contributed by atoms with Gasteiger partial charge >= 0.3 is 0 Å². The van der Waals surface area contributed by atoms with Crippen molar-refractivity contribution in [2.24, 2.45) is 0 Å². The van der Waals surface area contributed by atoms with E-state index in [-0.39, 0.29) is 12.5 Å². The Bertz CT molecular complexity index is 434. The van der Waals surface area contributed by atoms with E-state index in [1.165, 1.54) is 7.11 Å². The highest BCUT2D eigenvalue weighted by molar-refractivity contribution is 5.96. The summed E-state index contributed by atoms with van der Waals surface area (Å²) in [6, 6.07) is 4.86. The summed E-state index contributed by atoms with van der Waals surface area (Å²) in [5.41, 5.74) is 6.03. The molecule has 0 unspecified atom stereocenters. The third-order valence-electron chi connectivity index (χ3n) is 3.46. The monoisotopic (exact) mass is 266 g/mol. The highest BCUT2D eigenvalue weighted by Crippen LogP contribution is 2.20. The number of ether oxygens (including phenoxy) is 1. The van der Waals surface area contributed by atoms with Gasteiger partial charge in [0.05, 0.1) is 19.3 Å². The molecule has 0 saturated carbocycles. The van der Waals surface area contributed by atoms with E-state index in [0.29, 0.717) is 29.8 Å². The molecule has 19 heavy (non-hydrogen) atoms. The van der Waals surface area contributed by atoms with Crippen molar-refractivity contribution in [3.8, 4) is 5.75 Å². The minimum absolute atomic E-state index is 0.0921. The van der Waals surface area contributed by atoms with E-state index in [2.05, 4.69) is 5.32 Å². The Hall–Kier alpha value is -1.75. The third kappa shape index (κ3) is 3.61. The first-order valence-electron chi connectivity index (χ1n) is 6.38. The number of aliphatic hydroxyl groups excluding tert-OH is 1. The Balaban J connectivity index is 2.97. The highest BCUT2D eigenvalue weighted by atomic mass is 16.5. The van der Waals surface area contributed by atoms with Crippen LogP contribution in [0.2, 0.25) is 0 Å². The van der Waals surface area contributed by atoms with Gasteiger partial charge in [0.1, 0.15) is 5.75 Å². The molecule has 0 saturated heterocycles. The van der Waals surface area contributed by atoms with Crippen molar-refractivity contribution in [3.05, 3.63) is 23.8 Å². The lowest BCUT2D eigenvalue weighted by Gasteiger charge is -2.30. The maximum Gasteiger partial charge on any atom is 0.252 e. The molecule has 0 spiro atoms. The zero-order chi connectivity index (χ0) is 14.5. The number of nitrogens with two attached hydrogens (primary N) is 1. The fraction of sp³-hybridized carbons (Fsp3) is 0.500. The SMILES string of the molecule is CCC(CC)(CO)NC(=O)c1cc(N)cc(OC)c1. The molecule has 4 N–H and O–H groups in total. The number of amides is 1. The molecule has 5 heteroatoms. The number of hydrogen-bond acceptors (Lipinski definition) is 4. The first-order chi connectivity index (χ1) is 9.00. The summed E-state index contributed by atoms with van der Waals surface area (Å²) >= 11 is 0. The molecule has 5 nitrogen and oxygen atoms in total. The molecule has 0 aromatic heterocycles. The average molecular weight is 266 g/mol. The number of anilines is 1. The number of hydrogen-bond donors (Lipinski definition) is 3. The van der Waals surface area contributed by atoms with Crippen LogP contribution in [-0.4, -0.2) is 30.3 Å². The van der Waals surface area contributed by atoms with Gasteiger partial charge < -0.3 is 20.9 Å². The van der Waals surface area contributed by atoms with Crippen molar-refractivity contribution >= 4 is 11.6 Å². The average Bonchev–Trinajstić information content (AvgIpc) is 2.44. The standard InChI is InChI=1S/C14H22N2O3/c1-4-14(5-2,9-17)16-13(18)10-6-11(15)8-12(7-10)19-3/h6-8,17H,4-5,9,15H2,1-3H3,(H,16,18). The summed E-state index contributed by atoms with van der Waals surface area (Å²) in [6.07, 6.45) is 1.32. The fourth-order valence-electron chi connectivity index (χ4n) is 1.87. The van der Waals surface area contributed by atoms with Gasteiger partial charge in [0.15, 0.2) is 0 Å².